The zero-order valence-corrected chi connectivity index (χ0v) is 10.3. The quantitative estimate of drug-likeness (QED) is 0.713. The van der Waals surface area contributed by atoms with E-state index in [1.54, 1.807) is 0 Å². The van der Waals surface area contributed by atoms with Gasteiger partial charge in [-0.25, -0.2) is 0 Å². The first-order valence-electron chi connectivity index (χ1n) is 6.45. The van der Waals surface area contributed by atoms with E-state index in [0.717, 1.165) is 24.5 Å². The molecular weight excluding hydrogens is 204 g/mol. The van der Waals surface area contributed by atoms with E-state index in [9.17, 15) is 4.79 Å². The SMILES string of the molecule is O=C1CCCCC1C1CCC(CS)CC1. The molecule has 0 N–H and O–H groups in total. The molecule has 0 amide bonds. The van der Waals surface area contributed by atoms with Gasteiger partial charge in [0.15, 0.2) is 0 Å². The number of hydrogen-bond acceptors (Lipinski definition) is 2. The van der Waals surface area contributed by atoms with E-state index in [1.807, 2.05) is 0 Å². The van der Waals surface area contributed by atoms with E-state index in [1.165, 1.54) is 38.5 Å². The molecule has 0 heterocycles. The lowest BCUT2D eigenvalue weighted by Gasteiger charge is -2.34. The number of hydrogen-bond donors (Lipinski definition) is 1. The van der Waals surface area contributed by atoms with Gasteiger partial charge >= 0.3 is 0 Å². The Balaban J connectivity index is 1.86. The molecule has 0 saturated heterocycles. The maximum atomic E-state index is 11.8. The van der Waals surface area contributed by atoms with Gasteiger partial charge in [0.25, 0.3) is 0 Å². The minimum atomic E-state index is 0.430. The minimum Gasteiger partial charge on any atom is -0.299 e. The van der Waals surface area contributed by atoms with Crippen LogP contribution in [0.4, 0.5) is 0 Å². The van der Waals surface area contributed by atoms with Gasteiger partial charge in [-0.3, -0.25) is 4.79 Å². The van der Waals surface area contributed by atoms with Crippen molar-refractivity contribution in [2.75, 3.05) is 5.75 Å². The lowest BCUT2D eigenvalue weighted by atomic mass is 9.71. The monoisotopic (exact) mass is 226 g/mol. The van der Waals surface area contributed by atoms with Gasteiger partial charge in [0, 0.05) is 12.3 Å². The van der Waals surface area contributed by atoms with Gasteiger partial charge in [-0.05, 0) is 56.1 Å². The van der Waals surface area contributed by atoms with E-state index >= 15 is 0 Å². The Morgan fingerprint density at radius 1 is 1.07 bits per heavy atom. The molecule has 0 aromatic rings. The third-order valence-corrected chi connectivity index (χ3v) is 4.84. The molecule has 1 unspecified atom stereocenters. The Kier molecular flexibility index (Phi) is 4.13. The topological polar surface area (TPSA) is 17.1 Å². The summed E-state index contributed by atoms with van der Waals surface area (Å²) in [6.45, 7) is 0. The summed E-state index contributed by atoms with van der Waals surface area (Å²) in [6.07, 6.45) is 9.62. The molecule has 86 valence electrons. The Hall–Kier alpha value is 0.0200. The molecule has 2 heteroatoms. The predicted molar refractivity (Wildman–Crippen MR) is 66.3 cm³/mol. The summed E-state index contributed by atoms with van der Waals surface area (Å²) >= 11 is 4.37. The van der Waals surface area contributed by atoms with Gasteiger partial charge in [0.2, 0.25) is 0 Å². The first-order valence-corrected chi connectivity index (χ1v) is 7.08. The number of carbonyl (C=O) groups is 1. The molecule has 0 aliphatic heterocycles. The Bertz CT molecular complexity index is 219. The minimum absolute atomic E-state index is 0.430. The lowest BCUT2D eigenvalue weighted by Crippen LogP contribution is -2.30. The molecule has 0 spiro atoms. The van der Waals surface area contributed by atoms with Crippen LogP contribution in [0.5, 0.6) is 0 Å². The van der Waals surface area contributed by atoms with Crippen LogP contribution >= 0.6 is 12.6 Å². The second-order valence-electron chi connectivity index (χ2n) is 5.28. The van der Waals surface area contributed by atoms with E-state index < -0.39 is 0 Å². The summed E-state index contributed by atoms with van der Waals surface area (Å²) in [4.78, 5) is 11.8. The second-order valence-corrected chi connectivity index (χ2v) is 5.65. The van der Waals surface area contributed by atoms with E-state index in [2.05, 4.69) is 12.6 Å². The highest BCUT2D eigenvalue weighted by molar-refractivity contribution is 7.80. The summed E-state index contributed by atoms with van der Waals surface area (Å²) < 4.78 is 0. The molecule has 0 radical (unpaired) electrons. The molecule has 2 rings (SSSR count). The van der Waals surface area contributed by atoms with Crippen molar-refractivity contribution in [1.82, 2.24) is 0 Å². The molecule has 2 aliphatic rings. The van der Waals surface area contributed by atoms with Crippen LogP contribution in [-0.4, -0.2) is 11.5 Å². The second kappa shape index (κ2) is 5.38. The average Bonchev–Trinajstić information content (AvgIpc) is 2.30. The summed E-state index contributed by atoms with van der Waals surface area (Å²) in [7, 11) is 0. The van der Waals surface area contributed by atoms with Gasteiger partial charge in [-0.1, -0.05) is 6.42 Å². The van der Waals surface area contributed by atoms with Crippen molar-refractivity contribution in [3.05, 3.63) is 0 Å². The Morgan fingerprint density at radius 3 is 2.40 bits per heavy atom. The van der Waals surface area contributed by atoms with E-state index in [-0.39, 0.29) is 0 Å². The van der Waals surface area contributed by atoms with Crippen LogP contribution in [0.2, 0.25) is 0 Å². The number of Topliss-reactive ketones (excluding diaryl/α,β-unsaturated/α-hetero) is 1. The highest BCUT2D eigenvalue weighted by atomic mass is 32.1. The summed E-state index contributed by atoms with van der Waals surface area (Å²) in [5.74, 6) is 3.57. The van der Waals surface area contributed by atoms with Crippen LogP contribution < -0.4 is 0 Å². The number of ketones is 1. The molecule has 2 fully saturated rings. The smallest absolute Gasteiger partial charge is 0.136 e. The van der Waals surface area contributed by atoms with Crippen LogP contribution in [0.25, 0.3) is 0 Å². The average molecular weight is 226 g/mol. The highest BCUT2D eigenvalue weighted by Crippen LogP contribution is 2.38. The molecule has 1 atom stereocenters. The predicted octanol–water partition coefficient (Wildman–Crippen LogP) is 3.48. The van der Waals surface area contributed by atoms with Gasteiger partial charge in [0.1, 0.15) is 5.78 Å². The van der Waals surface area contributed by atoms with Crippen molar-refractivity contribution < 1.29 is 4.79 Å². The number of carbonyl (C=O) groups excluding carboxylic acids is 1. The van der Waals surface area contributed by atoms with Gasteiger partial charge < -0.3 is 0 Å². The number of rotatable bonds is 2. The summed E-state index contributed by atoms with van der Waals surface area (Å²) in [6, 6.07) is 0. The molecule has 0 aromatic heterocycles. The summed E-state index contributed by atoms with van der Waals surface area (Å²) in [5.41, 5.74) is 0. The van der Waals surface area contributed by atoms with Crippen molar-refractivity contribution in [2.45, 2.75) is 51.4 Å². The van der Waals surface area contributed by atoms with Crippen molar-refractivity contribution in [1.29, 1.82) is 0 Å². The molecule has 0 aromatic carbocycles. The van der Waals surface area contributed by atoms with Crippen LogP contribution in [0.3, 0.4) is 0 Å². The first-order chi connectivity index (χ1) is 7.31. The molecular formula is C13H22OS. The molecule has 1 nitrogen and oxygen atoms in total. The fraction of sp³-hybridized carbons (Fsp3) is 0.923. The van der Waals surface area contributed by atoms with Gasteiger partial charge in [0.05, 0.1) is 0 Å². The van der Waals surface area contributed by atoms with E-state index in [0.29, 0.717) is 17.6 Å². The normalized spacial score (nSPS) is 37.9. The van der Waals surface area contributed by atoms with Crippen molar-refractivity contribution in [2.24, 2.45) is 17.8 Å². The largest absolute Gasteiger partial charge is 0.299 e. The lowest BCUT2D eigenvalue weighted by molar-refractivity contribution is -0.127. The first kappa shape index (κ1) is 11.5. The number of thiol groups is 1. The Morgan fingerprint density at radius 2 is 1.80 bits per heavy atom. The summed E-state index contributed by atoms with van der Waals surface area (Å²) in [5, 5.41) is 0. The fourth-order valence-electron chi connectivity index (χ4n) is 3.28. The standard InChI is InChI=1S/C13H22OS/c14-13-4-2-1-3-12(13)11-7-5-10(9-15)6-8-11/h10-12,15H,1-9H2. The molecule has 0 bridgehead atoms. The maximum absolute atomic E-state index is 11.8. The van der Waals surface area contributed by atoms with Gasteiger partial charge in [-0.15, -0.1) is 0 Å². The van der Waals surface area contributed by atoms with Gasteiger partial charge in [-0.2, -0.15) is 12.6 Å². The van der Waals surface area contributed by atoms with Crippen molar-refractivity contribution in [3.63, 3.8) is 0 Å². The molecule has 2 aliphatic carbocycles. The third kappa shape index (κ3) is 2.77. The van der Waals surface area contributed by atoms with Crippen molar-refractivity contribution in [3.8, 4) is 0 Å². The fourth-order valence-corrected chi connectivity index (χ4v) is 3.65. The molecule has 15 heavy (non-hydrogen) atoms. The van der Waals surface area contributed by atoms with Crippen LogP contribution in [-0.2, 0) is 4.79 Å². The Labute approximate surface area is 98.4 Å². The maximum Gasteiger partial charge on any atom is 0.136 e. The highest BCUT2D eigenvalue weighted by Gasteiger charge is 2.32. The van der Waals surface area contributed by atoms with Crippen LogP contribution in [0.15, 0.2) is 0 Å². The van der Waals surface area contributed by atoms with Crippen molar-refractivity contribution >= 4 is 18.4 Å². The molecule has 2 saturated carbocycles. The third-order valence-electron chi connectivity index (χ3n) is 4.32. The zero-order valence-electron chi connectivity index (χ0n) is 9.45. The van der Waals surface area contributed by atoms with Crippen LogP contribution in [0.1, 0.15) is 51.4 Å². The zero-order chi connectivity index (χ0) is 10.7. The van der Waals surface area contributed by atoms with E-state index in [4.69, 9.17) is 0 Å². The van der Waals surface area contributed by atoms with Crippen LogP contribution in [0, 0.1) is 17.8 Å².